The molecular formula is C28H30N4O5. The van der Waals surface area contributed by atoms with E-state index in [1.54, 1.807) is 42.5 Å². The molecular weight excluding hydrogens is 472 g/mol. The predicted octanol–water partition coefficient (Wildman–Crippen LogP) is 3.79. The fourth-order valence-corrected chi connectivity index (χ4v) is 4.37. The first-order valence-electron chi connectivity index (χ1n) is 12.0. The van der Waals surface area contributed by atoms with Gasteiger partial charge in [-0.1, -0.05) is 36.4 Å². The summed E-state index contributed by atoms with van der Waals surface area (Å²) in [5, 5.41) is 20.5. The Labute approximate surface area is 215 Å². The molecule has 0 bridgehead atoms. The Morgan fingerprint density at radius 1 is 1.11 bits per heavy atom. The minimum atomic E-state index is -1.02. The summed E-state index contributed by atoms with van der Waals surface area (Å²) >= 11 is 0. The number of methoxy groups -OCH3 is 1. The number of likely N-dealkylation sites (tertiary alicyclic amines) is 1. The van der Waals surface area contributed by atoms with E-state index in [4.69, 9.17) is 20.6 Å². The number of aliphatic carboxylic acids is 1. The molecule has 1 heterocycles. The lowest BCUT2D eigenvalue weighted by Crippen LogP contribution is -2.44. The third-order valence-electron chi connectivity index (χ3n) is 6.33. The van der Waals surface area contributed by atoms with Crippen molar-refractivity contribution in [3.05, 3.63) is 89.5 Å². The van der Waals surface area contributed by atoms with Gasteiger partial charge in [-0.15, -0.1) is 0 Å². The Morgan fingerprint density at radius 2 is 1.84 bits per heavy atom. The first kappa shape index (κ1) is 25.6. The second-order valence-electron chi connectivity index (χ2n) is 8.78. The number of hydrogen-bond acceptors (Lipinski definition) is 6. The van der Waals surface area contributed by atoms with E-state index in [1.165, 1.54) is 12.0 Å². The molecule has 3 aromatic carbocycles. The van der Waals surface area contributed by atoms with E-state index in [0.717, 1.165) is 5.56 Å². The zero-order valence-electron chi connectivity index (χ0n) is 20.5. The first-order valence-corrected chi connectivity index (χ1v) is 12.0. The number of nitrogen functional groups attached to an aromatic ring is 1. The number of carbonyl (C=O) groups excluding carboxylic acids is 1. The first-order chi connectivity index (χ1) is 17.9. The van der Waals surface area contributed by atoms with Gasteiger partial charge < -0.3 is 30.5 Å². The van der Waals surface area contributed by atoms with Crippen LogP contribution in [0.1, 0.15) is 35.6 Å². The van der Waals surface area contributed by atoms with Crippen LogP contribution in [0.15, 0.2) is 72.8 Å². The van der Waals surface area contributed by atoms with Gasteiger partial charge in [0.25, 0.3) is 0 Å². The van der Waals surface area contributed by atoms with Crippen molar-refractivity contribution in [1.82, 2.24) is 4.90 Å². The molecule has 1 saturated heterocycles. The molecule has 192 valence electrons. The van der Waals surface area contributed by atoms with E-state index in [9.17, 15) is 14.7 Å². The van der Waals surface area contributed by atoms with Gasteiger partial charge in [0.1, 0.15) is 24.5 Å². The maximum Gasteiger partial charge on any atom is 0.326 e. The summed E-state index contributed by atoms with van der Waals surface area (Å²) in [7, 11) is 1.53. The van der Waals surface area contributed by atoms with Crippen molar-refractivity contribution in [3.8, 4) is 11.5 Å². The monoisotopic (exact) mass is 502 g/mol. The summed E-state index contributed by atoms with van der Waals surface area (Å²) in [5.41, 5.74) is 8.34. The highest BCUT2D eigenvalue weighted by atomic mass is 16.5. The van der Waals surface area contributed by atoms with Crippen molar-refractivity contribution in [2.75, 3.05) is 19.0 Å². The van der Waals surface area contributed by atoms with Crippen LogP contribution in [0.4, 0.5) is 5.69 Å². The van der Waals surface area contributed by atoms with E-state index in [2.05, 4.69) is 5.32 Å². The smallest absolute Gasteiger partial charge is 0.326 e. The maximum absolute atomic E-state index is 13.7. The Morgan fingerprint density at radius 3 is 2.49 bits per heavy atom. The molecule has 1 fully saturated rings. The number of rotatable bonds is 10. The molecule has 2 atom stereocenters. The largest absolute Gasteiger partial charge is 0.493 e. The molecule has 1 aliphatic heterocycles. The average molecular weight is 503 g/mol. The normalized spacial score (nSPS) is 15.6. The highest BCUT2D eigenvalue weighted by Gasteiger charge is 2.38. The molecule has 4 rings (SSSR count). The predicted molar refractivity (Wildman–Crippen MR) is 140 cm³/mol. The number of nitrogens with one attached hydrogen (secondary N) is 2. The Hall–Kier alpha value is -4.53. The molecule has 1 amide bonds. The zero-order valence-corrected chi connectivity index (χ0v) is 20.5. The van der Waals surface area contributed by atoms with Gasteiger partial charge >= 0.3 is 5.97 Å². The molecule has 0 saturated carbocycles. The van der Waals surface area contributed by atoms with Crippen molar-refractivity contribution in [3.63, 3.8) is 0 Å². The number of amidine groups is 1. The van der Waals surface area contributed by atoms with Crippen molar-refractivity contribution in [1.29, 1.82) is 5.41 Å². The van der Waals surface area contributed by atoms with Gasteiger partial charge in [-0.05, 0) is 60.4 Å². The van der Waals surface area contributed by atoms with Gasteiger partial charge in [-0.3, -0.25) is 10.2 Å². The molecule has 0 aromatic heterocycles. The number of benzene rings is 3. The number of hydrogen-bond donors (Lipinski definition) is 4. The Bertz CT molecular complexity index is 1260. The van der Waals surface area contributed by atoms with E-state index in [1.807, 2.05) is 30.3 Å². The maximum atomic E-state index is 13.7. The number of carboxylic acid groups (broad SMARTS) is 1. The average Bonchev–Trinajstić information content (AvgIpc) is 3.41. The van der Waals surface area contributed by atoms with Crippen LogP contribution in [0.25, 0.3) is 0 Å². The van der Waals surface area contributed by atoms with Crippen molar-refractivity contribution in [2.24, 2.45) is 5.73 Å². The van der Waals surface area contributed by atoms with Gasteiger partial charge in [0.05, 0.1) is 7.11 Å². The van der Waals surface area contributed by atoms with Crippen LogP contribution in [-0.4, -0.2) is 47.4 Å². The summed E-state index contributed by atoms with van der Waals surface area (Å²) in [6, 6.07) is 20.1. The summed E-state index contributed by atoms with van der Waals surface area (Å²) < 4.78 is 11.5. The SMILES string of the molecule is COc1cc([C@H](Nc2ccc(C(=N)N)cc2)C(=O)N2CCCC2C(=O)O)ccc1OCc1ccccc1. The van der Waals surface area contributed by atoms with E-state index < -0.39 is 18.1 Å². The number of nitrogens with zero attached hydrogens (tertiary/aromatic N) is 1. The molecule has 5 N–H and O–H groups in total. The minimum absolute atomic E-state index is 0.0589. The number of anilines is 1. The summed E-state index contributed by atoms with van der Waals surface area (Å²) in [4.78, 5) is 26.9. The second-order valence-corrected chi connectivity index (χ2v) is 8.78. The minimum Gasteiger partial charge on any atom is -0.493 e. The molecule has 37 heavy (non-hydrogen) atoms. The van der Waals surface area contributed by atoms with Crippen LogP contribution < -0.4 is 20.5 Å². The van der Waals surface area contributed by atoms with Gasteiger partial charge in [-0.25, -0.2) is 4.79 Å². The quantitative estimate of drug-likeness (QED) is 0.244. The van der Waals surface area contributed by atoms with Crippen LogP contribution >= 0.6 is 0 Å². The lowest BCUT2D eigenvalue weighted by molar-refractivity contribution is -0.148. The number of ether oxygens (including phenoxy) is 2. The molecule has 3 aromatic rings. The van der Waals surface area contributed by atoms with Crippen molar-refractivity contribution < 1.29 is 24.2 Å². The van der Waals surface area contributed by atoms with Gasteiger partial charge in [0.15, 0.2) is 11.5 Å². The number of carbonyl (C=O) groups is 2. The lowest BCUT2D eigenvalue weighted by Gasteiger charge is -2.28. The van der Waals surface area contributed by atoms with Crippen LogP contribution in [0.2, 0.25) is 0 Å². The van der Waals surface area contributed by atoms with Gasteiger partial charge in [0, 0.05) is 17.8 Å². The Kier molecular flexibility index (Phi) is 7.92. The number of nitrogens with two attached hydrogens (primary N) is 1. The third kappa shape index (κ3) is 6.00. The summed E-state index contributed by atoms with van der Waals surface area (Å²) in [6.45, 7) is 0.723. The van der Waals surface area contributed by atoms with E-state index >= 15 is 0 Å². The van der Waals surface area contributed by atoms with Gasteiger partial charge in [-0.2, -0.15) is 0 Å². The molecule has 9 nitrogen and oxygen atoms in total. The Balaban J connectivity index is 1.64. The van der Waals surface area contributed by atoms with Crippen LogP contribution in [-0.2, 0) is 16.2 Å². The highest BCUT2D eigenvalue weighted by Crippen LogP contribution is 2.34. The molecule has 9 heteroatoms. The molecule has 0 aliphatic carbocycles. The topological polar surface area (TPSA) is 138 Å². The van der Waals surface area contributed by atoms with Crippen LogP contribution in [0.5, 0.6) is 11.5 Å². The third-order valence-corrected chi connectivity index (χ3v) is 6.33. The molecule has 1 unspecified atom stereocenters. The summed E-state index contributed by atoms with van der Waals surface area (Å²) in [6.07, 6.45) is 1.04. The van der Waals surface area contributed by atoms with E-state index in [-0.39, 0.29) is 11.7 Å². The van der Waals surface area contributed by atoms with Crippen LogP contribution in [0, 0.1) is 5.41 Å². The molecule has 0 spiro atoms. The lowest BCUT2D eigenvalue weighted by atomic mass is 10.0. The molecule has 0 radical (unpaired) electrons. The fraction of sp³-hybridized carbons (Fsp3) is 0.250. The number of amides is 1. The standard InChI is InChI=1S/C28H30N4O5/c1-36-24-16-20(11-14-23(24)37-17-18-6-3-2-4-7-18)25(27(33)32-15-5-8-22(32)28(34)35)31-21-12-9-19(10-13-21)26(29)30/h2-4,6-7,9-14,16,22,25,31H,5,8,15,17H2,1H3,(H3,29,30)(H,34,35)/t22?,25-/m0/s1. The number of carboxylic acids is 1. The highest BCUT2D eigenvalue weighted by molar-refractivity contribution is 5.95. The zero-order chi connectivity index (χ0) is 26.4. The van der Waals surface area contributed by atoms with Gasteiger partial charge in [0.2, 0.25) is 5.91 Å². The molecule has 1 aliphatic rings. The fourth-order valence-electron chi connectivity index (χ4n) is 4.37. The van der Waals surface area contributed by atoms with Crippen molar-refractivity contribution >= 4 is 23.4 Å². The van der Waals surface area contributed by atoms with Crippen molar-refractivity contribution in [2.45, 2.75) is 31.5 Å². The second kappa shape index (κ2) is 11.5. The summed E-state index contributed by atoms with van der Waals surface area (Å²) in [5.74, 6) is -0.442. The van der Waals surface area contributed by atoms with E-state index in [0.29, 0.717) is 54.3 Å². The van der Waals surface area contributed by atoms with Crippen LogP contribution in [0.3, 0.4) is 0 Å².